The first-order valence-corrected chi connectivity index (χ1v) is 8.99. The van der Waals surface area contributed by atoms with Crippen molar-refractivity contribution in [2.75, 3.05) is 32.1 Å². The third-order valence-corrected chi connectivity index (χ3v) is 5.30. The van der Waals surface area contributed by atoms with E-state index in [1.807, 2.05) is 27.7 Å². The summed E-state index contributed by atoms with van der Waals surface area (Å²) in [7, 11) is 1.35. The summed E-state index contributed by atoms with van der Waals surface area (Å²) < 4.78 is 10.5. The van der Waals surface area contributed by atoms with Crippen molar-refractivity contribution in [2.24, 2.45) is 0 Å². The third-order valence-electron chi connectivity index (χ3n) is 4.18. The highest BCUT2D eigenvalue weighted by Gasteiger charge is 2.24. The molecular weight excluding hydrogens is 328 g/mol. The van der Waals surface area contributed by atoms with Crippen LogP contribution in [-0.4, -0.2) is 55.7 Å². The number of amides is 1. The summed E-state index contributed by atoms with van der Waals surface area (Å²) in [6, 6.07) is 0. The second kappa shape index (κ2) is 8.09. The predicted molar refractivity (Wildman–Crippen MR) is 94.8 cm³/mol. The van der Waals surface area contributed by atoms with Crippen molar-refractivity contribution >= 4 is 28.2 Å². The summed E-state index contributed by atoms with van der Waals surface area (Å²) in [6.45, 7) is 10.2. The Balaban J connectivity index is 1.95. The Hall–Kier alpha value is -1.44. The summed E-state index contributed by atoms with van der Waals surface area (Å²) in [5.74, 6) is -0.504. The average molecular weight is 354 g/mol. The van der Waals surface area contributed by atoms with Crippen LogP contribution in [0.25, 0.3) is 0 Å². The van der Waals surface area contributed by atoms with Gasteiger partial charge in [-0.05, 0) is 33.3 Å². The van der Waals surface area contributed by atoms with E-state index in [1.165, 1.54) is 18.4 Å². The van der Waals surface area contributed by atoms with Crippen molar-refractivity contribution in [1.82, 2.24) is 4.90 Å². The van der Waals surface area contributed by atoms with Crippen LogP contribution in [-0.2, 0) is 14.3 Å². The smallest absolute Gasteiger partial charge is 0.341 e. The molecule has 1 aliphatic rings. The number of thiophene rings is 1. The van der Waals surface area contributed by atoms with Gasteiger partial charge < -0.3 is 14.8 Å². The topological polar surface area (TPSA) is 67.9 Å². The van der Waals surface area contributed by atoms with Gasteiger partial charge in [0.2, 0.25) is 5.91 Å². The van der Waals surface area contributed by atoms with Crippen molar-refractivity contribution in [3.63, 3.8) is 0 Å². The SMILES string of the molecule is COC(=O)c1c(NC(=O)CCN2C[C@@H](C)O[C@@H](C)C2)sc(C)c1C. The molecule has 7 heteroatoms. The molecule has 1 amide bonds. The Morgan fingerprint density at radius 1 is 1.29 bits per heavy atom. The van der Waals surface area contributed by atoms with Crippen LogP contribution < -0.4 is 5.32 Å². The molecule has 24 heavy (non-hydrogen) atoms. The van der Waals surface area contributed by atoms with Gasteiger partial charge >= 0.3 is 5.97 Å². The lowest BCUT2D eigenvalue weighted by atomic mass is 10.1. The lowest BCUT2D eigenvalue weighted by molar-refractivity contribution is -0.117. The number of aryl methyl sites for hydroxylation is 1. The lowest BCUT2D eigenvalue weighted by Gasteiger charge is -2.35. The van der Waals surface area contributed by atoms with Gasteiger partial charge in [-0.1, -0.05) is 0 Å². The fourth-order valence-corrected chi connectivity index (χ4v) is 4.04. The number of rotatable bonds is 5. The molecule has 0 unspecified atom stereocenters. The standard InChI is InChI=1S/C17H26N2O4S/c1-10-8-19(9-11(2)23-10)7-6-14(20)18-16-15(17(21)22-5)12(3)13(4)24-16/h10-11H,6-9H2,1-5H3,(H,18,20)/t10-,11+. The molecule has 1 aromatic rings. The molecule has 0 bridgehead atoms. The van der Waals surface area contributed by atoms with Crippen LogP contribution in [0.1, 0.15) is 41.1 Å². The summed E-state index contributed by atoms with van der Waals surface area (Å²) in [5, 5.41) is 3.44. The third kappa shape index (κ3) is 4.55. The number of nitrogens with one attached hydrogen (secondary N) is 1. The molecule has 6 nitrogen and oxygen atoms in total. The maximum Gasteiger partial charge on any atom is 0.341 e. The normalized spacial score (nSPS) is 21.5. The number of hydrogen-bond acceptors (Lipinski definition) is 6. The number of carbonyl (C=O) groups is 2. The molecule has 0 saturated carbocycles. The maximum atomic E-state index is 12.3. The van der Waals surface area contributed by atoms with Crippen molar-refractivity contribution in [2.45, 2.75) is 46.3 Å². The highest BCUT2D eigenvalue weighted by Crippen LogP contribution is 2.33. The number of hydrogen-bond donors (Lipinski definition) is 1. The molecule has 1 aliphatic heterocycles. The monoisotopic (exact) mass is 354 g/mol. The molecule has 2 heterocycles. The van der Waals surface area contributed by atoms with Crippen LogP contribution in [0.15, 0.2) is 0 Å². The summed E-state index contributed by atoms with van der Waals surface area (Å²) in [4.78, 5) is 27.5. The maximum absolute atomic E-state index is 12.3. The summed E-state index contributed by atoms with van der Waals surface area (Å²) >= 11 is 1.41. The number of esters is 1. The van der Waals surface area contributed by atoms with Crippen molar-refractivity contribution in [3.05, 3.63) is 16.0 Å². The predicted octanol–water partition coefficient (Wildman–Crippen LogP) is 2.59. The highest BCUT2D eigenvalue weighted by molar-refractivity contribution is 7.16. The largest absolute Gasteiger partial charge is 0.465 e. The van der Waals surface area contributed by atoms with Gasteiger partial charge in [-0.3, -0.25) is 9.69 Å². The Kier molecular flexibility index (Phi) is 6.37. The van der Waals surface area contributed by atoms with E-state index in [2.05, 4.69) is 10.2 Å². The number of morpholine rings is 1. The van der Waals surface area contributed by atoms with Crippen LogP contribution in [0.3, 0.4) is 0 Å². The number of methoxy groups -OCH3 is 1. The quantitative estimate of drug-likeness (QED) is 0.823. The zero-order chi connectivity index (χ0) is 17.9. The second-order valence-corrected chi connectivity index (χ2v) is 7.52. The first kappa shape index (κ1) is 18.9. The van der Waals surface area contributed by atoms with Crippen LogP contribution in [0.2, 0.25) is 0 Å². The molecule has 134 valence electrons. The van der Waals surface area contributed by atoms with E-state index in [0.717, 1.165) is 23.5 Å². The molecule has 2 rings (SSSR count). The fraction of sp³-hybridized carbons (Fsp3) is 0.647. The van der Waals surface area contributed by atoms with Gasteiger partial charge in [-0.15, -0.1) is 11.3 Å². The molecule has 0 spiro atoms. The molecular formula is C17H26N2O4S. The minimum absolute atomic E-state index is 0.0896. The van der Waals surface area contributed by atoms with E-state index in [-0.39, 0.29) is 18.1 Å². The summed E-state index contributed by atoms with van der Waals surface area (Å²) in [6.07, 6.45) is 0.756. The van der Waals surface area contributed by atoms with Gasteiger partial charge in [0.05, 0.1) is 24.9 Å². The number of carbonyl (C=O) groups excluding carboxylic acids is 2. The van der Waals surface area contributed by atoms with Gasteiger partial charge in [0.25, 0.3) is 0 Å². The van der Waals surface area contributed by atoms with Crippen molar-refractivity contribution in [3.8, 4) is 0 Å². The zero-order valence-corrected chi connectivity index (χ0v) is 15.8. The van der Waals surface area contributed by atoms with Crippen LogP contribution in [0.5, 0.6) is 0 Å². The van der Waals surface area contributed by atoms with Crippen molar-refractivity contribution < 1.29 is 19.1 Å². The van der Waals surface area contributed by atoms with E-state index in [0.29, 0.717) is 23.5 Å². The zero-order valence-electron chi connectivity index (χ0n) is 15.0. The fourth-order valence-electron chi connectivity index (χ4n) is 2.98. The van der Waals surface area contributed by atoms with E-state index < -0.39 is 5.97 Å². The average Bonchev–Trinajstić information content (AvgIpc) is 2.78. The van der Waals surface area contributed by atoms with Crippen LogP contribution in [0.4, 0.5) is 5.00 Å². The molecule has 1 fully saturated rings. The van der Waals surface area contributed by atoms with Gasteiger partial charge in [-0.2, -0.15) is 0 Å². The second-order valence-electron chi connectivity index (χ2n) is 6.29. The van der Waals surface area contributed by atoms with E-state index >= 15 is 0 Å². The summed E-state index contributed by atoms with van der Waals surface area (Å²) in [5.41, 5.74) is 1.32. The molecule has 1 N–H and O–H groups in total. The Labute approximate surface area is 147 Å². The van der Waals surface area contributed by atoms with Gasteiger partial charge in [0, 0.05) is 30.9 Å². The first-order chi connectivity index (χ1) is 11.3. The molecule has 1 saturated heterocycles. The van der Waals surface area contributed by atoms with Gasteiger partial charge in [0.15, 0.2) is 0 Å². The Bertz CT molecular complexity index is 604. The minimum Gasteiger partial charge on any atom is -0.465 e. The molecule has 2 atom stereocenters. The van der Waals surface area contributed by atoms with Crippen LogP contribution >= 0.6 is 11.3 Å². The first-order valence-electron chi connectivity index (χ1n) is 8.17. The van der Waals surface area contributed by atoms with E-state index in [9.17, 15) is 9.59 Å². The van der Waals surface area contributed by atoms with Gasteiger partial charge in [-0.25, -0.2) is 4.79 Å². The van der Waals surface area contributed by atoms with Crippen LogP contribution in [0, 0.1) is 13.8 Å². The highest BCUT2D eigenvalue weighted by atomic mass is 32.1. The van der Waals surface area contributed by atoms with Gasteiger partial charge in [0.1, 0.15) is 5.00 Å². The lowest BCUT2D eigenvalue weighted by Crippen LogP contribution is -2.46. The number of anilines is 1. The van der Waals surface area contributed by atoms with E-state index in [1.54, 1.807) is 0 Å². The Morgan fingerprint density at radius 3 is 2.50 bits per heavy atom. The Morgan fingerprint density at radius 2 is 1.92 bits per heavy atom. The molecule has 0 aromatic carbocycles. The molecule has 0 radical (unpaired) electrons. The molecule has 0 aliphatic carbocycles. The van der Waals surface area contributed by atoms with E-state index in [4.69, 9.17) is 9.47 Å². The number of ether oxygens (including phenoxy) is 2. The molecule has 1 aromatic heterocycles. The minimum atomic E-state index is -0.414. The number of nitrogens with zero attached hydrogens (tertiary/aromatic N) is 1. The van der Waals surface area contributed by atoms with Crippen molar-refractivity contribution in [1.29, 1.82) is 0 Å².